The van der Waals surface area contributed by atoms with Crippen molar-refractivity contribution in [2.75, 3.05) is 18.0 Å². The summed E-state index contributed by atoms with van der Waals surface area (Å²) in [5.41, 5.74) is 7.58. The second kappa shape index (κ2) is 4.43. The number of carbonyl (C=O) groups excluding carboxylic acids is 1. The van der Waals surface area contributed by atoms with Crippen LogP contribution in [0.15, 0.2) is 24.3 Å². The van der Waals surface area contributed by atoms with Crippen LogP contribution in [-0.2, 0) is 0 Å². The van der Waals surface area contributed by atoms with Crippen LogP contribution in [0.1, 0.15) is 12.0 Å². The van der Waals surface area contributed by atoms with Crippen molar-refractivity contribution in [1.82, 2.24) is 5.32 Å². The zero-order valence-corrected chi connectivity index (χ0v) is 9.44. The summed E-state index contributed by atoms with van der Waals surface area (Å²) in [6.07, 6.45) is 0.955. The fourth-order valence-corrected chi connectivity index (χ4v) is 2.14. The minimum absolute atomic E-state index is 0.179. The minimum Gasteiger partial charge on any atom is -0.369 e. The van der Waals surface area contributed by atoms with Crippen molar-refractivity contribution < 1.29 is 4.79 Å². The van der Waals surface area contributed by atoms with E-state index in [4.69, 9.17) is 5.73 Å². The molecule has 3 N–H and O–H groups in total. The Morgan fingerprint density at radius 2 is 2.38 bits per heavy atom. The van der Waals surface area contributed by atoms with E-state index in [0.29, 0.717) is 0 Å². The fraction of sp³-hybridized carbons (Fsp3) is 0.417. The Labute approximate surface area is 95.4 Å². The van der Waals surface area contributed by atoms with Gasteiger partial charge in [0.2, 0.25) is 0 Å². The molecule has 1 aromatic rings. The Hall–Kier alpha value is -1.71. The molecule has 4 nitrogen and oxygen atoms in total. The second-order valence-electron chi connectivity index (χ2n) is 4.28. The van der Waals surface area contributed by atoms with Gasteiger partial charge in [0.25, 0.3) is 0 Å². The molecule has 1 saturated heterocycles. The van der Waals surface area contributed by atoms with Crippen molar-refractivity contribution in [3.63, 3.8) is 0 Å². The van der Waals surface area contributed by atoms with Crippen molar-refractivity contribution in [2.24, 2.45) is 5.73 Å². The molecule has 16 heavy (non-hydrogen) atoms. The van der Waals surface area contributed by atoms with Gasteiger partial charge in [0.1, 0.15) is 0 Å². The lowest BCUT2D eigenvalue weighted by Crippen LogP contribution is -2.40. The van der Waals surface area contributed by atoms with E-state index in [1.807, 2.05) is 0 Å². The van der Waals surface area contributed by atoms with Crippen LogP contribution in [0.3, 0.4) is 0 Å². The summed E-state index contributed by atoms with van der Waals surface area (Å²) in [4.78, 5) is 13.0. The Morgan fingerprint density at radius 3 is 3.06 bits per heavy atom. The standard InChI is InChI=1S/C12H17N3O/c1-9-3-2-4-11(7-9)15-6-5-10(8-15)14-12(13)16/h2-4,7,10H,5-6,8H2,1H3,(H3,13,14,16). The molecule has 1 aromatic carbocycles. The Bertz CT molecular complexity index is 392. The molecule has 0 aliphatic carbocycles. The summed E-state index contributed by atoms with van der Waals surface area (Å²) in [7, 11) is 0. The van der Waals surface area contributed by atoms with Gasteiger partial charge >= 0.3 is 6.03 Å². The molecule has 1 heterocycles. The van der Waals surface area contributed by atoms with Gasteiger partial charge in [0.15, 0.2) is 0 Å². The fourth-order valence-electron chi connectivity index (χ4n) is 2.14. The maximum atomic E-state index is 10.7. The van der Waals surface area contributed by atoms with E-state index in [0.717, 1.165) is 19.5 Å². The average Bonchev–Trinajstić information content (AvgIpc) is 2.65. The SMILES string of the molecule is Cc1cccc(N2CCC(NC(N)=O)C2)c1. The number of benzene rings is 1. The molecule has 1 unspecified atom stereocenters. The molecule has 1 aliphatic rings. The van der Waals surface area contributed by atoms with Gasteiger partial charge in [-0.1, -0.05) is 12.1 Å². The Kier molecular flexibility index (Phi) is 2.99. The number of amides is 2. The van der Waals surface area contributed by atoms with Crippen molar-refractivity contribution in [3.05, 3.63) is 29.8 Å². The van der Waals surface area contributed by atoms with E-state index in [2.05, 4.69) is 41.4 Å². The van der Waals surface area contributed by atoms with Gasteiger partial charge in [-0.3, -0.25) is 0 Å². The van der Waals surface area contributed by atoms with Crippen LogP contribution in [0.4, 0.5) is 10.5 Å². The first kappa shape index (κ1) is 10.8. The third-order valence-corrected chi connectivity index (χ3v) is 2.90. The van der Waals surface area contributed by atoms with Crippen molar-refractivity contribution in [1.29, 1.82) is 0 Å². The lowest BCUT2D eigenvalue weighted by Gasteiger charge is -2.19. The molecule has 1 aliphatic heterocycles. The Morgan fingerprint density at radius 1 is 1.56 bits per heavy atom. The highest BCUT2D eigenvalue weighted by Gasteiger charge is 2.23. The highest BCUT2D eigenvalue weighted by molar-refractivity contribution is 5.72. The molecule has 2 rings (SSSR count). The number of anilines is 1. The molecule has 1 fully saturated rings. The zero-order chi connectivity index (χ0) is 11.5. The van der Waals surface area contributed by atoms with Gasteiger partial charge in [-0.2, -0.15) is 0 Å². The summed E-state index contributed by atoms with van der Waals surface area (Å²) in [6.45, 7) is 3.89. The third kappa shape index (κ3) is 2.45. The number of urea groups is 1. The maximum absolute atomic E-state index is 10.7. The molecule has 0 bridgehead atoms. The van der Waals surface area contributed by atoms with Crippen LogP contribution >= 0.6 is 0 Å². The molecular weight excluding hydrogens is 202 g/mol. The molecular formula is C12H17N3O. The van der Waals surface area contributed by atoms with Gasteiger partial charge in [-0.05, 0) is 31.0 Å². The smallest absolute Gasteiger partial charge is 0.312 e. The number of nitrogens with zero attached hydrogens (tertiary/aromatic N) is 1. The number of hydrogen-bond donors (Lipinski definition) is 2. The van der Waals surface area contributed by atoms with Crippen LogP contribution in [0, 0.1) is 6.92 Å². The quantitative estimate of drug-likeness (QED) is 0.786. The number of hydrogen-bond acceptors (Lipinski definition) is 2. The number of primary amides is 1. The number of carbonyl (C=O) groups is 1. The number of nitrogens with one attached hydrogen (secondary N) is 1. The topological polar surface area (TPSA) is 58.4 Å². The number of aryl methyl sites for hydroxylation is 1. The predicted octanol–water partition coefficient (Wildman–Crippen LogP) is 1.24. The third-order valence-electron chi connectivity index (χ3n) is 2.90. The summed E-state index contributed by atoms with van der Waals surface area (Å²) in [5.74, 6) is 0. The first-order valence-corrected chi connectivity index (χ1v) is 5.53. The molecule has 0 spiro atoms. The summed E-state index contributed by atoms with van der Waals surface area (Å²) in [6, 6.07) is 8.14. The average molecular weight is 219 g/mol. The predicted molar refractivity (Wildman–Crippen MR) is 64.5 cm³/mol. The molecule has 0 saturated carbocycles. The summed E-state index contributed by atoms with van der Waals surface area (Å²) < 4.78 is 0. The molecule has 2 amide bonds. The second-order valence-corrected chi connectivity index (χ2v) is 4.28. The van der Waals surface area contributed by atoms with E-state index in [1.54, 1.807) is 0 Å². The van der Waals surface area contributed by atoms with Crippen molar-refractivity contribution >= 4 is 11.7 Å². The summed E-state index contributed by atoms with van der Waals surface area (Å²) in [5, 5.41) is 2.75. The van der Waals surface area contributed by atoms with Gasteiger partial charge < -0.3 is 16.0 Å². The Balaban J connectivity index is 2.00. The molecule has 0 aromatic heterocycles. The highest BCUT2D eigenvalue weighted by atomic mass is 16.2. The van der Waals surface area contributed by atoms with Gasteiger partial charge in [0, 0.05) is 24.8 Å². The number of nitrogens with two attached hydrogens (primary N) is 1. The van der Waals surface area contributed by atoms with E-state index in [9.17, 15) is 4.79 Å². The van der Waals surface area contributed by atoms with Crippen molar-refractivity contribution in [2.45, 2.75) is 19.4 Å². The first-order valence-electron chi connectivity index (χ1n) is 5.53. The molecule has 4 heteroatoms. The molecule has 86 valence electrons. The van der Waals surface area contributed by atoms with E-state index in [1.165, 1.54) is 11.3 Å². The van der Waals surface area contributed by atoms with Crippen LogP contribution in [-0.4, -0.2) is 25.2 Å². The van der Waals surface area contributed by atoms with Crippen molar-refractivity contribution in [3.8, 4) is 0 Å². The van der Waals surface area contributed by atoms with Crippen LogP contribution in [0.25, 0.3) is 0 Å². The molecule has 0 radical (unpaired) electrons. The van der Waals surface area contributed by atoms with Gasteiger partial charge in [0.05, 0.1) is 0 Å². The van der Waals surface area contributed by atoms with Crippen LogP contribution in [0.5, 0.6) is 0 Å². The lowest BCUT2D eigenvalue weighted by atomic mass is 10.2. The van der Waals surface area contributed by atoms with E-state index < -0.39 is 6.03 Å². The zero-order valence-electron chi connectivity index (χ0n) is 9.44. The van der Waals surface area contributed by atoms with E-state index >= 15 is 0 Å². The highest BCUT2D eigenvalue weighted by Crippen LogP contribution is 2.21. The number of rotatable bonds is 2. The summed E-state index contributed by atoms with van der Waals surface area (Å²) >= 11 is 0. The normalized spacial score (nSPS) is 19.8. The van der Waals surface area contributed by atoms with Crippen LogP contribution < -0.4 is 16.0 Å². The maximum Gasteiger partial charge on any atom is 0.312 e. The van der Waals surface area contributed by atoms with E-state index in [-0.39, 0.29) is 6.04 Å². The monoisotopic (exact) mass is 219 g/mol. The largest absolute Gasteiger partial charge is 0.369 e. The lowest BCUT2D eigenvalue weighted by molar-refractivity contribution is 0.246. The van der Waals surface area contributed by atoms with Gasteiger partial charge in [-0.25, -0.2) is 4.79 Å². The first-order chi connectivity index (χ1) is 7.65. The molecule has 1 atom stereocenters. The van der Waals surface area contributed by atoms with Gasteiger partial charge in [-0.15, -0.1) is 0 Å². The minimum atomic E-state index is -0.434. The van der Waals surface area contributed by atoms with Crippen LogP contribution in [0.2, 0.25) is 0 Å².